The van der Waals surface area contributed by atoms with Gasteiger partial charge in [-0.05, 0) is 38.4 Å². The van der Waals surface area contributed by atoms with Crippen molar-refractivity contribution in [1.82, 2.24) is 14.1 Å². The van der Waals surface area contributed by atoms with Crippen LogP contribution in [0.5, 0.6) is 0 Å². The molecule has 2 rings (SSSR count). The minimum atomic E-state index is -3.69. The number of carbonyl (C=O) groups is 1. The van der Waals surface area contributed by atoms with Gasteiger partial charge >= 0.3 is 0 Å². The molecule has 1 aromatic rings. The van der Waals surface area contributed by atoms with Crippen molar-refractivity contribution in [1.29, 1.82) is 0 Å². The van der Waals surface area contributed by atoms with Crippen LogP contribution in [0, 0.1) is 20.8 Å². The normalized spacial score (nSPS) is 16.5. The second-order valence-electron chi connectivity index (χ2n) is 6.80. The molecule has 0 unspecified atom stereocenters. The summed E-state index contributed by atoms with van der Waals surface area (Å²) in [6.45, 7) is 11.5. The fourth-order valence-corrected chi connectivity index (χ4v) is 4.94. The van der Waals surface area contributed by atoms with E-state index in [1.54, 1.807) is 18.7 Å². The van der Waals surface area contributed by atoms with E-state index in [1.807, 2.05) is 19.1 Å². The van der Waals surface area contributed by atoms with Crippen LogP contribution in [-0.2, 0) is 14.8 Å². The molecule has 0 atom stereocenters. The first kappa shape index (κ1) is 19.9. The van der Waals surface area contributed by atoms with Crippen molar-refractivity contribution in [2.24, 2.45) is 0 Å². The van der Waals surface area contributed by atoms with E-state index < -0.39 is 10.0 Å². The number of hydrogen-bond acceptors (Lipinski definition) is 4. The van der Waals surface area contributed by atoms with Gasteiger partial charge in [-0.3, -0.25) is 4.79 Å². The maximum atomic E-state index is 12.9. The van der Waals surface area contributed by atoms with Gasteiger partial charge in [0.15, 0.2) is 0 Å². The summed E-state index contributed by atoms with van der Waals surface area (Å²) in [5, 5.41) is 0. The summed E-state index contributed by atoms with van der Waals surface area (Å²) in [7, 11) is -2.21. The van der Waals surface area contributed by atoms with Gasteiger partial charge in [0.05, 0.1) is 11.4 Å². The Balaban J connectivity index is 2.12. The minimum absolute atomic E-state index is 0.124. The predicted octanol–water partition coefficient (Wildman–Crippen LogP) is 1.40. The van der Waals surface area contributed by atoms with Gasteiger partial charge in [0.25, 0.3) is 0 Å². The first-order chi connectivity index (χ1) is 11.7. The second-order valence-corrected chi connectivity index (χ2v) is 8.79. The summed E-state index contributed by atoms with van der Waals surface area (Å²) in [6, 6.07) is 3.72. The smallest absolute Gasteiger partial charge is 0.243 e. The summed E-state index contributed by atoms with van der Waals surface area (Å²) >= 11 is 0. The molecule has 0 N–H and O–H groups in total. The Morgan fingerprint density at radius 3 is 2.08 bits per heavy atom. The maximum Gasteiger partial charge on any atom is 0.243 e. The van der Waals surface area contributed by atoms with Crippen LogP contribution in [0.15, 0.2) is 17.0 Å². The molecule has 140 valence electrons. The van der Waals surface area contributed by atoms with Gasteiger partial charge in [-0.25, -0.2) is 8.42 Å². The Labute approximate surface area is 151 Å². The molecule has 0 aromatic heterocycles. The van der Waals surface area contributed by atoms with E-state index in [-0.39, 0.29) is 12.5 Å². The highest BCUT2D eigenvalue weighted by Crippen LogP contribution is 2.24. The Bertz CT molecular complexity index is 715. The zero-order chi connectivity index (χ0) is 18.8. The van der Waals surface area contributed by atoms with Gasteiger partial charge in [-0.2, -0.15) is 4.31 Å². The van der Waals surface area contributed by atoms with Gasteiger partial charge in [0.2, 0.25) is 15.9 Å². The van der Waals surface area contributed by atoms with Crippen LogP contribution in [0.3, 0.4) is 0 Å². The van der Waals surface area contributed by atoms with Crippen molar-refractivity contribution in [3.05, 3.63) is 28.8 Å². The highest BCUT2D eigenvalue weighted by atomic mass is 32.2. The summed E-state index contributed by atoms with van der Waals surface area (Å²) in [6.07, 6.45) is 0. The highest BCUT2D eigenvalue weighted by molar-refractivity contribution is 7.89. The Hall–Kier alpha value is -1.44. The third-order valence-electron chi connectivity index (χ3n) is 4.80. The van der Waals surface area contributed by atoms with Gasteiger partial charge < -0.3 is 9.80 Å². The van der Waals surface area contributed by atoms with E-state index in [0.717, 1.165) is 25.2 Å². The molecule has 1 heterocycles. The number of benzene rings is 1. The Kier molecular flexibility index (Phi) is 6.24. The largest absolute Gasteiger partial charge is 0.339 e. The predicted molar refractivity (Wildman–Crippen MR) is 99.2 cm³/mol. The van der Waals surface area contributed by atoms with Crippen LogP contribution in [0.4, 0.5) is 0 Å². The number of hydrogen-bond donors (Lipinski definition) is 0. The third-order valence-corrected chi connectivity index (χ3v) is 6.91. The Morgan fingerprint density at radius 2 is 1.60 bits per heavy atom. The van der Waals surface area contributed by atoms with E-state index in [2.05, 4.69) is 11.8 Å². The standard InChI is InChI=1S/C18H29N3O3S/c1-6-20-7-9-21(10-8-20)17(22)13-19(5)25(23,24)18-15(3)11-14(2)12-16(18)4/h11-12H,6-10,13H2,1-5H3. The number of sulfonamides is 1. The zero-order valence-corrected chi connectivity index (χ0v) is 16.7. The summed E-state index contributed by atoms with van der Waals surface area (Å²) in [5.74, 6) is -0.135. The van der Waals surface area contributed by atoms with Crippen molar-refractivity contribution in [2.45, 2.75) is 32.6 Å². The fraction of sp³-hybridized carbons (Fsp3) is 0.611. The molecule has 0 bridgehead atoms. The molecule has 1 amide bonds. The lowest BCUT2D eigenvalue weighted by Gasteiger charge is -2.34. The number of nitrogens with zero attached hydrogens (tertiary/aromatic N) is 3. The maximum absolute atomic E-state index is 12.9. The molecule has 1 aromatic carbocycles. The molecule has 0 saturated carbocycles. The number of amides is 1. The average molecular weight is 368 g/mol. The SMILES string of the molecule is CCN1CCN(C(=O)CN(C)S(=O)(=O)c2c(C)cc(C)cc2C)CC1. The number of piperazine rings is 1. The topological polar surface area (TPSA) is 60.9 Å². The highest BCUT2D eigenvalue weighted by Gasteiger charge is 2.29. The molecule has 6 nitrogen and oxygen atoms in total. The first-order valence-electron chi connectivity index (χ1n) is 8.71. The quantitative estimate of drug-likeness (QED) is 0.789. The third kappa shape index (κ3) is 4.40. The van der Waals surface area contributed by atoms with Gasteiger partial charge in [0, 0.05) is 33.2 Å². The number of aryl methyl sites for hydroxylation is 3. The molecular weight excluding hydrogens is 338 g/mol. The second kappa shape index (κ2) is 7.85. The molecule has 0 radical (unpaired) electrons. The zero-order valence-electron chi connectivity index (χ0n) is 15.9. The van der Waals surface area contributed by atoms with Crippen molar-refractivity contribution >= 4 is 15.9 Å². The molecule has 1 fully saturated rings. The molecule has 7 heteroatoms. The van der Waals surface area contributed by atoms with Crippen LogP contribution in [-0.4, -0.2) is 74.7 Å². The van der Waals surface area contributed by atoms with Crippen molar-refractivity contribution in [3.8, 4) is 0 Å². The lowest BCUT2D eigenvalue weighted by Crippen LogP contribution is -2.51. The Morgan fingerprint density at radius 1 is 1.08 bits per heavy atom. The molecule has 0 spiro atoms. The van der Waals surface area contributed by atoms with E-state index in [4.69, 9.17) is 0 Å². The van der Waals surface area contributed by atoms with Crippen molar-refractivity contribution in [2.75, 3.05) is 46.3 Å². The van der Waals surface area contributed by atoms with E-state index >= 15 is 0 Å². The minimum Gasteiger partial charge on any atom is -0.339 e. The lowest BCUT2D eigenvalue weighted by molar-refractivity contribution is -0.132. The molecule has 25 heavy (non-hydrogen) atoms. The molecule has 1 aliphatic heterocycles. The number of carbonyl (C=O) groups excluding carboxylic acids is 1. The fourth-order valence-electron chi connectivity index (χ4n) is 3.42. The summed E-state index contributed by atoms with van der Waals surface area (Å²) in [4.78, 5) is 16.9. The van der Waals surface area contributed by atoms with E-state index in [1.165, 1.54) is 11.4 Å². The van der Waals surface area contributed by atoms with Crippen LogP contribution in [0.25, 0.3) is 0 Å². The van der Waals surface area contributed by atoms with Gasteiger partial charge in [0.1, 0.15) is 0 Å². The monoisotopic (exact) mass is 367 g/mol. The van der Waals surface area contributed by atoms with Crippen molar-refractivity contribution < 1.29 is 13.2 Å². The van der Waals surface area contributed by atoms with Crippen LogP contribution in [0.1, 0.15) is 23.6 Å². The molecule has 1 aliphatic rings. The molecular formula is C18H29N3O3S. The summed E-state index contributed by atoms with van der Waals surface area (Å²) < 4.78 is 27.1. The average Bonchev–Trinajstić information content (AvgIpc) is 2.53. The van der Waals surface area contributed by atoms with Crippen molar-refractivity contribution in [3.63, 3.8) is 0 Å². The lowest BCUT2D eigenvalue weighted by atomic mass is 10.1. The molecule has 1 saturated heterocycles. The number of rotatable bonds is 5. The van der Waals surface area contributed by atoms with Crippen LogP contribution >= 0.6 is 0 Å². The molecule has 0 aliphatic carbocycles. The van der Waals surface area contributed by atoms with Gasteiger partial charge in [-0.15, -0.1) is 0 Å². The van der Waals surface area contributed by atoms with E-state index in [0.29, 0.717) is 29.1 Å². The van der Waals surface area contributed by atoms with E-state index in [9.17, 15) is 13.2 Å². The summed E-state index contributed by atoms with van der Waals surface area (Å²) in [5.41, 5.74) is 2.46. The van der Waals surface area contributed by atoms with Crippen LogP contribution in [0.2, 0.25) is 0 Å². The number of likely N-dealkylation sites (N-methyl/N-ethyl adjacent to an activating group) is 2. The first-order valence-corrected chi connectivity index (χ1v) is 10.1. The van der Waals surface area contributed by atoms with Gasteiger partial charge in [-0.1, -0.05) is 24.6 Å². The van der Waals surface area contributed by atoms with Crippen LogP contribution < -0.4 is 0 Å².